The number of rotatable bonds is 10. The van der Waals surface area contributed by atoms with Crippen LogP contribution in [0.25, 0.3) is 0 Å². The number of carbonyl (C=O) groups is 3. The Morgan fingerprint density at radius 1 is 1.00 bits per heavy atom. The van der Waals surface area contributed by atoms with E-state index in [4.69, 9.17) is 14.2 Å². The molecule has 1 unspecified atom stereocenters. The minimum absolute atomic E-state index is 0.0552. The Labute approximate surface area is 248 Å². The first-order chi connectivity index (χ1) is 20.0. The van der Waals surface area contributed by atoms with Crippen molar-refractivity contribution in [3.63, 3.8) is 0 Å². The number of carboxylic acid groups (broad SMARTS) is 1. The van der Waals surface area contributed by atoms with E-state index in [9.17, 15) is 19.5 Å². The van der Waals surface area contributed by atoms with Crippen LogP contribution < -0.4 is 4.74 Å². The fourth-order valence-electron chi connectivity index (χ4n) is 6.23. The van der Waals surface area contributed by atoms with Gasteiger partial charge in [0.05, 0.1) is 12.5 Å². The fraction of sp³-hybridized carbons (Fsp3) is 0.545. The quantitative estimate of drug-likeness (QED) is 0.292. The lowest BCUT2D eigenvalue weighted by Gasteiger charge is -2.45. The molecule has 42 heavy (non-hydrogen) atoms. The number of hydrogen-bond acceptors (Lipinski definition) is 7. The van der Waals surface area contributed by atoms with Crippen LogP contribution in [0.4, 0.5) is 4.79 Å². The third kappa shape index (κ3) is 7.43. The molecule has 0 aromatic heterocycles. The summed E-state index contributed by atoms with van der Waals surface area (Å²) in [6.07, 6.45) is 3.04. The zero-order valence-corrected chi connectivity index (χ0v) is 25.3. The molecule has 9 nitrogen and oxygen atoms in total. The SMILES string of the molecule is CC(C)C(=O)O[C@H](C)OC(=O)N1C[C@@H](Oc2cccc(CC3CCC(c4ccccc4)(N(C)C)CC3)c2)CC1C(=O)O. The lowest BCUT2D eigenvalue weighted by atomic mass is 9.70. The van der Waals surface area contributed by atoms with Crippen molar-refractivity contribution in [3.05, 3.63) is 65.7 Å². The van der Waals surface area contributed by atoms with E-state index < -0.39 is 36.5 Å². The number of likely N-dealkylation sites (tertiary alicyclic amines) is 1. The third-order valence-corrected chi connectivity index (χ3v) is 8.63. The van der Waals surface area contributed by atoms with E-state index in [1.54, 1.807) is 13.8 Å². The number of benzene rings is 2. The standard InChI is InChI=1S/C33H44N2O7/c1-22(2)31(38)40-23(3)41-32(39)35-21-28(20-29(35)30(36)37)42-27-13-9-10-25(19-27)18-24-14-16-33(17-15-24,34(4)5)26-11-7-6-8-12-26/h6-13,19,22-24,28-29H,14-18,20-21H2,1-5H3,(H,36,37)/t23-,24?,28-,29?,33?/m0/s1. The Hall–Kier alpha value is -3.59. The molecule has 1 saturated heterocycles. The van der Waals surface area contributed by atoms with Crippen LogP contribution in [-0.4, -0.2) is 72.0 Å². The molecular weight excluding hydrogens is 536 g/mol. The first kappa shape index (κ1) is 31.3. The van der Waals surface area contributed by atoms with Crippen LogP contribution in [-0.2, 0) is 31.0 Å². The molecule has 1 heterocycles. The summed E-state index contributed by atoms with van der Waals surface area (Å²) >= 11 is 0. The lowest BCUT2D eigenvalue weighted by Crippen LogP contribution is -2.44. The number of carbonyl (C=O) groups excluding carboxylic acids is 2. The molecule has 1 aliphatic heterocycles. The van der Waals surface area contributed by atoms with E-state index >= 15 is 0 Å². The summed E-state index contributed by atoms with van der Waals surface area (Å²) in [7, 11) is 4.35. The smallest absolute Gasteiger partial charge is 0.413 e. The predicted molar refractivity (Wildman–Crippen MR) is 158 cm³/mol. The van der Waals surface area contributed by atoms with Gasteiger partial charge in [0.15, 0.2) is 0 Å². The van der Waals surface area contributed by atoms with Crippen molar-refractivity contribution in [2.24, 2.45) is 11.8 Å². The molecule has 0 bridgehead atoms. The first-order valence-corrected chi connectivity index (χ1v) is 14.9. The van der Waals surface area contributed by atoms with E-state index in [0.717, 1.165) is 37.0 Å². The molecule has 2 aromatic rings. The van der Waals surface area contributed by atoms with Gasteiger partial charge in [-0.1, -0.05) is 56.3 Å². The molecule has 2 aromatic carbocycles. The largest absolute Gasteiger partial charge is 0.488 e. The van der Waals surface area contributed by atoms with Gasteiger partial charge in [-0.15, -0.1) is 0 Å². The van der Waals surface area contributed by atoms with Crippen molar-refractivity contribution in [1.29, 1.82) is 0 Å². The van der Waals surface area contributed by atoms with Gasteiger partial charge in [-0.3, -0.25) is 14.6 Å². The van der Waals surface area contributed by atoms with Crippen molar-refractivity contribution < 1.29 is 33.7 Å². The van der Waals surface area contributed by atoms with Crippen molar-refractivity contribution in [2.75, 3.05) is 20.6 Å². The highest BCUT2D eigenvalue weighted by atomic mass is 16.7. The number of hydrogen-bond donors (Lipinski definition) is 1. The summed E-state index contributed by atoms with van der Waals surface area (Å²) in [6.45, 7) is 4.83. The van der Waals surface area contributed by atoms with Crippen LogP contribution in [0.5, 0.6) is 5.75 Å². The van der Waals surface area contributed by atoms with E-state index in [0.29, 0.717) is 11.7 Å². The van der Waals surface area contributed by atoms with Crippen LogP contribution >= 0.6 is 0 Å². The van der Waals surface area contributed by atoms with Crippen LogP contribution in [0.2, 0.25) is 0 Å². The van der Waals surface area contributed by atoms with E-state index in [1.165, 1.54) is 18.1 Å². The van der Waals surface area contributed by atoms with Gasteiger partial charge in [0.2, 0.25) is 6.29 Å². The minimum Gasteiger partial charge on any atom is -0.488 e. The summed E-state index contributed by atoms with van der Waals surface area (Å²) in [4.78, 5) is 40.0. The highest BCUT2D eigenvalue weighted by Crippen LogP contribution is 2.44. The maximum Gasteiger partial charge on any atom is 0.413 e. The second kappa shape index (κ2) is 13.6. The van der Waals surface area contributed by atoms with Gasteiger partial charge in [0.25, 0.3) is 0 Å². The van der Waals surface area contributed by atoms with Crippen LogP contribution in [0.3, 0.4) is 0 Å². The molecule has 3 atom stereocenters. The number of amides is 1. The van der Waals surface area contributed by atoms with Crippen molar-refractivity contribution in [2.45, 2.75) is 83.3 Å². The highest BCUT2D eigenvalue weighted by Gasteiger charge is 2.43. The number of ether oxygens (including phenoxy) is 3. The van der Waals surface area contributed by atoms with Gasteiger partial charge in [-0.05, 0) is 75.4 Å². The average Bonchev–Trinajstić information content (AvgIpc) is 3.38. The van der Waals surface area contributed by atoms with Gasteiger partial charge in [0, 0.05) is 18.9 Å². The molecular formula is C33H44N2O7. The van der Waals surface area contributed by atoms with E-state index in [-0.39, 0.29) is 24.4 Å². The van der Waals surface area contributed by atoms with Crippen LogP contribution in [0, 0.1) is 11.8 Å². The summed E-state index contributed by atoms with van der Waals surface area (Å²) in [5.41, 5.74) is 2.62. The van der Waals surface area contributed by atoms with Crippen molar-refractivity contribution >= 4 is 18.0 Å². The number of aliphatic carboxylic acids is 1. The van der Waals surface area contributed by atoms with Crippen LogP contribution in [0.1, 0.15) is 64.0 Å². The third-order valence-electron chi connectivity index (χ3n) is 8.63. The minimum atomic E-state index is -1.14. The molecule has 1 saturated carbocycles. The molecule has 2 fully saturated rings. The normalized spacial score (nSPS) is 24.8. The van der Waals surface area contributed by atoms with E-state index in [2.05, 4.69) is 55.4 Å². The second-order valence-electron chi connectivity index (χ2n) is 12.1. The summed E-state index contributed by atoms with van der Waals surface area (Å²) in [6, 6.07) is 17.6. The molecule has 228 valence electrons. The Balaban J connectivity index is 1.34. The van der Waals surface area contributed by atoms with E-state index in [1.807, 2.05) is 18.2 Å². The van der Waals surface area contributed by atoms with Crippen LogP contribution in [0.15, 0.2) is 54.6 Å². The first-order valence-electron chi connectivity index (χ1n) is 14.9. The molecule has 9 heteroatoms. The topological polar surface area (TPSA) is 106 Å². The molecule has 1 aliphatic carbocycles. The van der Waals surface area contributed by atoms with Gasteiger partial charge in [0.1, 0.15) is 17.9 Å². The average molecular weight is 581 g/mol. The maximum atomic E-state index is 12.8. The van der Waals surface area contributed by atoms with Crippen molar-refractivity contribution in [1.82, 2.24) is 9.80 Å². The fourth-order valence-corrected chi connectivity index (χ4v) is 6.23. The monoisotopic (exact) mass is 580 g/mol. The molecule has 0 spiro atoms. The predicted octanol–water partition coefficient (Wildman–Crippen LogP) is 5.46. The molecule has 2 aliphatic rings. The zero-order valence-electron chi connectivity index (χ0n) is 25.3. The molecule has 1 amide bonds. The molecule has 1 N–H and O–H groups in total. The number of nitrogens with zero attached hydrogens (tertiary/aromatic N) is 2. The zero-order chi connectivity index (χ0) is 30.4. The van der Waals surface area contributed by atoms with Gasteiger partial charge >= 0.3 is 18.0 Å². The Morgan fingerprint density at radius 3 is 2.31 bits per heavy atom. The second-order valence-corrected chi connectivity index (χ2v) is 12.1. The summed E-state index contributed by atoms with van der Waals surface area (Å²) < 4.78 is 16.5. The summed E-state index contributed by atoms with van der Waals surface area (Å²) in [5.74, 6) is -0.803. The van der Waals surface area contributed by atoms with Gasteiger partial charge < -0.3 is 19.3 Å². The Bertz CT molecular complexity index is 1220. The Kier molecular flexibility index (Phi) is 10.1. The molecule has 4 rings (SSSR count). The van der Waals surface area contributed by atoms with Crippen molar-refractivity contribution in [3.8, 4) is 5.75 Å². The molecule has 0 radical (unpaired) electrons. The maximum absolute atomic E-state index is 12.8. The van der Waals surface area contributed by atoms with Gasteiger partial charge in [-0.25, -0.2) is 9.59 Å². The number of carboxylic acids is 1. The Morgan fingerprint density at radius 2 is 1.69 bits per heavy atom. The highest BCUT2D eigenvalue weighted by molar-refractivity contribution is 5.81. The number of esters is 1. The van der Waals surface area contributed by atoms with Gasteiger partial charge in [-0.2, -0.15) is 0 Å². The lowest BCUT2D eigenvalue weighted by molar-refractivity contribution is -0.170. The summed E-state index contributed by atoms with van der Waals surface area (Å²) in [5, 5.41) is 9.75.